The molecular formula is C28H21Cl2N3O6S. The summed E-state index contributed by atoms with van der Waals surface area (Å²) in [7, 11) is 0. The molecule has 2 aromatic heterocycles. The van der Waals surface area contributed by atoms with Gasteiger partial charge in [-0.3, -0.25) is 19.5 Å². The molecule has 0 bridgehead atoms. The Bertz CT molecular complexity index is 1900. The lowest BCUT2D eigenvalue weighted by Gasteiger charge is -2.24. The third-order valence-electron chi connectivity index (χ3n) is 6.36. The minimum Gasteiger partial charge on any atom is -0.463 e. The van der Waals surface area contributed by atoms with Crippen molar-refractivity contribution in [2.45, 2.75) is 26.8 Å². The number of nitro groups is 1. The van der Waals surface area contributed by atoms with E-state index in [1.165, 1.54) is 10.6 Å². The number of nitro benzene ring substituents is 1. The third kappa shape index (κ3) is 5.01. The Labute approximate surface area is 241 Å². The average Bonchev–Trinajstić information content (AvgIpc) is 3.47. The van der Waals surface area contributed by atoms with Gasteiger partial charge in [0.2, 0.25) is 0 Å². The van der Waals surface area contributed by atoms with Crippen LogP contribution in [0.15, 0.2) is 74.0 Å². The van der Waals surface area contributed by atoms with Crippen LogP contribution in [0.5, 0.6) is 0 Å². The summed E-state index contributed by atoms with van der Waals surface area (Å²) >= 11 is 13.4. The lowest BCUT2D eigenvalue weighted by atomic mass is 9.94. The molecule has 5 rings (SSSR count). The number of halogens is 2. The van der Waals surface area contributed by atoms with Crippen molar-refractivity contribution in [1.82, 2.24) is 4.57 Å². The van der Waals surface area contributed by atoms with Crippen molar-refractivity contribution in [1.29, 1.82) is 0 Å². The summed E-state index contributed by atoms with van der Waals surface area (Å²) in [6.45, 7) is 5.05. The van der Waals surface area contributed by atoms with Crippen LogP contribution in [0, 0.1) is 17.0 Å². The number of carbonyl (C=O) groups is 1. The molecule has 4 aromatic rings. The van der Waals surface area contributed by atoms with Gasteiger partial charge in [0.1, 0.15) is 11.5 Å². The predicted octanol–water partition coefficient (Wildman–Crippen LogP) is 5.58. The summed E-state index contributed by atoms with van der Waals surface area (Å²) in [4.78, 5) is 42.9. The Balaban J connectivity index is 1.67. The summed E-state index contributed by atoms with van der Waals surface area (Å²) in [5.74, 6) is 0.239. The molecule has 204 valence electrons. The van der Waals surface area contributed by atoms with Crippen LogP contribution < -0.4 is 14.9 Å². The topological polar surface area (TPSA) is 117 Å². The summed E-state index contributed by atoms with van der Waals surface area (Å²) in [5.41, 5.74) is 1.42. The first-order valence-electron chi connectivity index (χ1n) is 12.1. The number of carbonyl (C=O) groups excluding carboxylic acids is 1. The van der Waals surface area contributed by atoms with Gasteiger partial charge in [0.05, 0.1) is 38.4 Å². The molecule has 0 N–H and O–H groups in total. The van der Waals surface area contributed by atoms with Crippen molar-refractivity contribution in [2.75, 3.05) is 6.61 Å². The molecule has 0 radical (unpaired) electrons. The molecule has 1 atom stereocenters. The van der Waals surface area contributed by atoms with E-state index in [1.54, 1.807) is 69.3 Å². The number of aryl methyl sites for hydroxylation is 1. The van der Waals surface area contributed by atoms with E-state index in [-0.39, 0.29) is 17.9 Å². The van der Waals surface area contributed by atoms with E-state index in [2.05, 4.69) is 4.99 Å². The molecular weight excluding hydrogens is 577 g/mol. The molecule has 3 heterocycles. The average molecular weight is 598 g/mol. The molecule has 2 aromatic carbocycles. The fourth-order valence-electron chi connectivity index (χ4n) is 4.49. The molecule has 1 aliphatic heterocycles. The fourth-order valence-corrected chi connectivity index (χ4v) is 6.02. The number of aromatic nitrogens is 1. The summed E-state index contributed by atoms with van der Waals surface area (Å²) in [5, 5.41) is 12.6. The maximum Gasteiger partial charge on any atom is 0.338 e. The van der Waals surface area contributed by atoms with Gasteiger partial charge in [0, 0.05) is 28.3 Å². The predicted molar refractivity (Wildman–Crippen MR) is 152 cm³/mol. The van der Waals surface area contributed by atoms with Gasteiger partial charge in [-0.25, -0.2) is 9.79 Å². The molecule has 0 unspecified atom stereocenters. The molecule has 40 heavy (non-hydrogen) atoms. The Hall–Kier alpha value is -3.99. The Kier molecular flexibility index (Phi) is 7.50. The van der Waals surface area contributed by atoms with Gasteiger partial charge in [-0.15, -0.1) is 0 Å². The first kappa shape index (κ1) is 27.6. The maximum atomic E-state index is 13.8. The van der Waals surface area contributed by atoms with Gasteiger partial charge in [0.15, 0.2) is 4.80 Å². The summed E-state index contributed by atoms with van der Waals surface area (Å²) in [6, 6.07) is 12.1. The minimum absolute atomic E-state index is 0.110. The van der Waals surface area contributed by atoms with Crippen molar-refractivity contribution >= 4 is 52.3 Å². The zero-order chi connectivity index (χ0) is 28.7. The Morgan fingerprint density at radius 2 is 1.98 bits per heavy atom. The van der Waals surface area contributed by atoms with Crippen LogP contribution in [0.4, 0.5) is 5.69 Å². The summed E-state index contributed by atoms with van der Waals surface area (Å²) < 4.78 is 12.9. The second-order valence-electron chi connectivity index (χ2n) is 8.93. The van der Waals surface area contributed by atoms with E-state index in [1.807, 2.05) is 0 Å². The van der Waals surface area contributed by atoms with Crippen LogP contribution in [0.2, 0.25) is 10.0 Å². The van der Waals surface area contributed by atoms with E-state index >= 15 is 0 Å². The van der Waals surface area contributed by atoms with E-state index in [9.17, 15) is 19.7 Å². The van der Waals surface area contributed by atoms with Crippen molar-refractivity contribution in [3.8, 4) is 11.3 Å². The van der Waals surface area contributed by atoms with Crippen molar-refractivity contribution in [3.05, 3.63) is 117 Å². The second-order valence-corrected chi connectivity index (χ2v) is 10.8. The van der Waals surface area contributed by atoms with Gasteiger partial charge in [0.25, 0.3) is 11.2 Å². The van der Waals surface area contributed by atoms with Crippen LogP contribution in [0.3, 0.4) is 0 Å². The van der Waals surface area contributed by atoms with E-state index in [0.717, 1.165) is 11.3 Å². The molecule has 0 spiro atoms. The lowest BCUT2D eigenvalue weighted by Crippen LogP contribution is -2.40. The molecule has 0 fully saturated rings. The number of hydrogen-bond donors (Lipinski definition) is 0. The number of allylic oxidation sites excluding steroid dienone is 1. The van der Waals surface area contributed by atoms with Crippen LogP contribution >= 0.6 is 34.5 Å². The highest BCUT2D eigenvalue weighted by atomic mass is 35.5. The van der Waals surface area contributed by atoms with E-state index in [0.29, 0.717) is 53.3 Å². The monoisotopic (exact) mass is 597 g/mol. The fraction of sp³-hybridized carbons (Fsp3) is 0.179. The molecule has 0 saturated heterocycles. The minimum atomic E-state index is -0.975. The number of benzene rings is 2. The van der Waals surface area contributed by atoms with Crippen LogP contribution in [-0.4, -0.2) is 22.1 Å². The number of nitrogens with zero attached hydrogens (tertiary/aromatic N) is 3. The number of ether oxygens (including phenoxy) is 1. The highest BCUT2D eigenvalue weighted by molar-refractivity contribution is 7.07. The smallest absolute Gasteiger partial charge is 0.338 e. The summed E-state index contributed by atoms with van der Waals surface area (Å²) in [6.07, 6.45) is 1.58. The van der Waals surface area contributed by atoms with Crippen molar-refractivity contribution < 1.29 is 18.9 Å². The van der Waals surface area contributed by atoms with Crippen molar-refractivity contribution in [2.24, 2.45) is 4.99 Å². The molecule has 0 amide bonds. The van der Waals surface area contributed by atoms with Gasteiger partial charge >= 0.3 is 5.97 Å². The number of thiazole rings is 1. The van der Waals surface area contributed by atoms with Gasteiger partial charge < -0.3 is 9.15 Å². The molecule has 0 saturated carbocycles. The third-order valence-corrected chi connectivity index (χ3v) is 7.89. The quantitative estimate of drug-likeness (QED) is 0.163. The van der Waals surface area contributed by atoms with Crippen LogP contribution in [0.1, 0.15) is 36.8 Å². The van der Waals surface area contributed by atoms with Crippen LogP contribution in [-0.2, 0) is 9.53 Å². The highest BCUT2D eigenvalue weighted by Crippen LogP contribution is 2.34. The number of furan rings is 1. The first-order valence-corrected chi connectivity index (χ1v) is 13.7. The largest absolute Gasteiger partial charge is 0.463 e. The normalized spacial score (nSPS) is 15.1. The van der Waals surface area contributed by atoms with Crippen LogP contribution in [0.25, 0.3) is 17.4 Å². The number of rotatable bonds is 6. The Morgan fingerprint density at radius 1 is 1.20 bits per heavy atom. The number of hydrogen-bond acceptors (Lipinski definition) is 8. The zero-order valence-corrected chi connectivity index (χ0v) is 23.8. The highest BCUT2D eigenvalue weighted by Gasteiger charge is 2.34. The first-order chi connectivity index (χ1) is 19.1. The standard InChI is InChI=1S/C28H21Cl2N3O6S/c1-4-38-27(35)24-15(3)31-28-32(25(24)16-6-5-14(2)21(11-16)33(36)37)26(34)23(40-28)13-18-8-10-22(39-18)19-9-7-17(29)12-20(19)30/h5-13,25H,4H2,1-3H3/b23-13+/t25-/m1/s1. The van der Waals surface area contributed by atoms with Crippen molar-refractivity contribution in [3.63, 3.8) is 0 Å². The van der Waals surface area contributed by atoms with E-state index in [4.69, 9.17) is 32.4 Å². The number of esters is 1. The lowest BCUT2D eigenvalue weighted by molar-refractivity contribution is -0.385. The SMILES string of the molecule is CCOC(=O)C1=C(C)N=c2s/c(=C/c3ccc(-c4ccc(Cl)cc4Cl)o3)c(=O)n2[C@@H]1c1ccc(C)c([N+](=O)[O-])c1. The second kappa shape index (κ2) is 10.9. The van der Waals surface area contributed by atoms with E-state index < -0.39 is 22.5 Å². The maximum absolute atomic E-state index is 13.8. The van der Waals surface area contributed by atoms with Gasteiger partial charge in [-0.05, 0) is 56.7 Å². The zero-order valence-electron chi connectivity index (χ0n) is 21.4. The Morgan fingerprint density at radius 3 is 2.67 bits per heavy atom. The van der Waals surface area contributed by atoms with Gasteiger partial charge in [-0.2, -0.15) is 0 Å². The number of fused-ring (bicyclic) bond motifs is 1. The molecule has 0 aliphatic carbocycles. The molecule has 1 aliphatic rings. The molecule has 12 heteroatoms. The molecule has 9 nitrogen and oxygen atoms in total. The van der Waals surface area contributed by atoms with Gasteiger partial charge in [-0.1, -0.05) is 46.7 Å².